The molecule has 62 valence electrons. The van der Waals surface area contributed by atoms with E-state index in [1.165, 1.54) is 0 Å². The second kappa shape index (κ2) is 5.49. The third-order valence-corrected chi connectivity index (χ3v) is 0.838. The zero-order valence-electron chi connectivity index (χ0n) is 6.28. The first-order valence-corrected chi connectivity index (χ1v) is 3.08. The highest BCUT2D eigenvalue weighted by molar-refractivity contribution is 5.68. The van der Waals surface area contributed by atoms with Crippen LogP contribution in [0.1, 0.15) is 5.76 Å². The Labute approximate surface area is 64.6 Å². The van der Waals surface area contributed by atoms with Crippen LogP contribution in [0.2, 0.25) is 0 Å². The van der Waals surface area contributed by atoms with Crippen LogP contribution in [0.15, 0.2) is 22.8 Å². The first-order valence-electron chi connectivity index (χ1n) is 3.08. The van der Waals surface area contributed by atoms with Crippen LogP contribution in [0.4, 0.5) is 0 Å². The van der Waals surface area contributed by atoms with Gasteiger partial charge in [-0.3, -0.25) is 4.79 Å². The number of hydrogen-bond donors (Lipinski definition) is 2. The molecule has 0 fully saturated rings. The molecule has 4 heteroatoms. The van der Waals surface area contributed by atoms with Gasteiger partial charge in [-0.25, -0.2) is 0 Å². The smallest absolute Gasteiger partial charge is 0.317 e. The molecule has 1 rings (SSSR count). The van der Waals surface area contributed by atoms with Crippen LogP contribution in [0.25, 0.3) is 0 Å². The first-order chi connectivity index (χ1) is 5.16. The van der Waals surface area contributed by atoms with Crippen LogP contribution < -0.4 is 5.73 Å². The third-order valence-electron chi connectivity index (χ3n) is 0.838. The van der Waals surface area contributed by atoms with Crippen molar-refractivity contribution in [2.45, 2.75) is 6.92 Å². The molecule has 0 amide bonds. The summed E-state index contributed by atoms with van der Waals surface area (Å²) in [5.74, 6) is 0.000000000000000444. The van der Waals surface area contributed by atoms with Crippen molar-refractivity contribution in [3.05, 3.63) is 24.2 Å². The van der Waals surface area contributed by atoms with Crippen LogP contribution in [-0.2, 0) is 4.79 Å². The average Bonchev–Trinajstić information content (AvgIpc) is 2.41. The van der Waals surface area contributed by atoms with Crippen molar-refractivity contribution < 1.29 is 14.3 Å². The highest BCUT2D eigenvalue weighted by Crippen LogP contribution is 1.93. The number of hydrogen-bond acceptors (Lipinski definition) is 3. The molecule has 0 radical (unpaired) electrons. The van der Waals surface area contributed by atoms with Crippen LogP contribution in [-0.4, -0.2) is 17.6 Å². The van der Waals surface area contributed by atoms with E-state index < -0.39 is 5.97 Å². The summed E-state index contributed by atoms with van der Waals surface area (Å²) in [6, 6.07) is 3.79. The molecule has 0 aliphatic carbocycles. The molecule has 0 bridgehead atoms. The number of furan rings is 1. The SMILES string of the molecule is Cc1ccco1.NCC(=O)O. The Hall–Kier alpha value is -1.29. The number of nitrogens with two attached hydrogens (primary N) is 1. The van der Waals surface area contributed by atoms with Gasteiger partial charge in [-0.05, 0) is 19.1 Å². The van der Waals surface area contributed by atoms with E-state index in [1.807, 2.05) is 19.1 Å². The Kier molecular flexibility index (Phi) is 4.85. The largest absolute Gasteiger partial charge is 0.480 e. The van der Waals surface area contributed by atoms with E-state index >= 15 is 0 Å². The maximum absolute atomic E-state index is 9.24. The molecule has 0 aromatic carbocycles. The Bertz CT molecular complexity index is 193. The third kappa shape index (κ3) is 6.60. The minimum Gasteiger partial charge on any atom is -0.480 e. The molecule has 0 saturated carbocycles. The van der Waals surface area contributed by atoms with Crippen molar-refractivity contribution in [2.24, 2.45) is 5.73 Å². The van der Waals surface area contributed by atoms with Crippen LogP contribution in [0, 0.1) is 6.92 Å². The Morgan fingerprint density at radius 3 is 2.45 bits per heavy atom. The minimum absolute atomic E-state index is 0.278. The number of carboxylic acids is 1. The molecule has 0 spiro atoms. The van der Waals surface area contributed by atoms with E-state index in [-0.39, 0.29) is 6.54 Å². The predicted octanol–water partition coefficient (Wildman–Crippen LogP) is 0.618. The lowest BCUT2D eigenvalue weighted by molar-refractivity contribution is -0.135. The van der Waals surface area contributed by atoms with Gasteiger partial charge in [0.2, 0.25) is 0 Å². The van der Waals surface area contributed by atoms with Gasteiger partial charge in [0.1, 0.15) is 5.76 Å². The van der Waals surface area contributed by atoms with Gasteiger partial charge in [0, 0.05) is 0 Å². The van der Waals surface area contributed by atoms with E-state index in [2.05, 4.69) is 5.73 Å². The topological polar surface area (TPSA) is 76.5 Å². The molecule has 4 nitrogen and oxygen atoms in total. The summed E-state index contributed by atoms with van der Waals surface area (Å²) in [5.41, 5.74) is 4.57. The maximum atomic E-state index is 9.24. The molecule has 11 heavy (non-hydrogen) atoms. The average molecular weight is 157 g/mol. The van der Waals surface area contributed by atoms with E-state index in [0.29, 0.717) is 0 Å². The van der Waals surface area contributed by atoms with Gasteiger partial charge in [0.25, 0.3) is 0 Å². The summed E-state index contributed by atoms with van der Waals surface area (Å²) in [7, 11) is 0. The Balaban J connectivity index is 0.000000187. The zero-order valence-corrected chi connectivity index (χ0v) is 6.28. The number of aryl methyl sites for hydroxylation is 1. The van der Waals surface area contributed by atoms with Gasteiger partial charge in [-0.2, -0.15) is 0 Å². The quantitative estimate of drug-likeness (QED) is 0.626. The Morgan fingerprint density at radius 2 is 2.36 bits per heavy atom. The van der Waals surface area contributed by atoms with Crippen molar-refractivity contribution in [1.82, 2.24) is 0 Å². The van der Waals surface area contributed by atoms with Gasteiger partial charge >= 0.3 is 5.97 Å². The normalized spacial score (nSPS) is 8.18. The fourth-order valence-corrected chi connectivity index (χ4v) is 0.361. The standard InChI is InChI=1S/C5H6O.C2H5NO2/c1-5-3-2-4-6-5;3-1-2(4)5/h2-4H,1H3;1,3H2,(H,4,5). The number of carboxylic acid groups (broad SMARTS) is 1. The molecule has 1 aromatic rings. The van der Waals surface area contributed by atoms with Crippen LogP contribution >= 0.6 is 0 Å². The lowest BCUT2D eigenvalue weighted by atomic mass is 10.5. The summed E-state index contributed by atoms with van der Waals surface area (Å²) in [5, 5.41) is 7.60. The molecule has 0 aliphatic heterocycles. The summed E-state index contributed by atoms with van der Waals surface area (Å²) < 4.78 is 4.83. The maximum Gasteiger partial charge on any atom is 0.317 e. The van der Waals surface area contributed by atoms with Gasteiger partial charge in [-0.15, -0.1) is 0 Å². The molecule has 3 N–H and O–H groups in total. The minimum atomic E-state index is -0.968. The first kappa shape index (κ1) is 9.71. The number of rotatable bonds is 1. The van der Waals surface area contributed by atoms with Crippen molar-refractivity contribution in [3.63, 3.8) is 0 Å². The molecule has 1 heterocycles. The van der Waals surface area contributed by atoms with Crippen molar-refractivity contribution in [2.75, 3.05) is 6.54 Å². The van der Waals surface area contributed by atoms with Gasteiger partial charge < -0.3 is 15.3 Å². The van der Waals surface area contributed by atoms with Crippen LogP contribution in [0.3, 0.4) is 0 Å². The molecule has 0 saturated heterocycles. The van der Waals surface area contributed by atoms with Gasteiger partial charge in [-0.1, -0.05) is 0 Å². The summed E-state index contributed by atoms with van der Waals surface area (Å²) >= 11 is 0. The van der Waals surface area contributed by atoms with Crippen molar-refractivity contribution >= 4 is 5.97 Å². The van der Waals surface area contributed by atoms with Crippen molar-refractivity contribution in [1.29, 1.82) is 0 Å². The second-order valence-electron chi connectivity index (χ2n) is 1.82. The highest BCUT2D eigenvalue weighted by Gasteiger charge is 1.81. The van der Waals surface area contributed by atoms with Gasteiger partial charge in [0.05, 0.1) is 12.8 Å². The van der Waals surface area contributed by atoms with E-state index in [1.54, 1.807) is 6.26 Å². The molecular formula is C7H11NO3. The molecule has 0 unspecified atom stereocenters. The van der Waals surface area contributed by atoms with E-state index in [0.717, 1.165) is 5.76 Å². The van der Waals surface area contributed by atoms with E-state index in [4.69, 9.17) is 9.52 Å². The fraction of sp³-hybridized carbons (Fsp3) is 0.286. The van der Waals surface area contributed by atoms with Crippen molar-refractivity contribution in [3.8, 4) is 0 Å². The van der Waals surface area contributed by atoms with Gasteiger partial charge in [0.15, 0.2) is 0 Å². The fourth-order valence-electron chi connectivity index (χ4n) is 0.361. The zero-order chi connectivity index (χ0) is 8.69. The summed E-state index contributed by atoms with van der Waals surface area (Å²) in [6.45, 7) is 1.64. The summed E-state index contributed by atoms with van der Waals surface area (Å²) in [6.07, 6.45) is 1.66. The number of carbonyl (C=O) groups is 1. The Morgan fingerprint density at radius 1 is 1.82 bits per heavy atom. The second-order valence-corrected chi connectivity index (χ2v) is 1.82. The number of aliphatic carboxylic acids is 1. The van der Waals surface area contributed by atoms with E-state index in [9.17, 15) is 4.79 Å². The summed E-state index contributed by atoms with van der Waals surface area (Å²) in [4.78, 5) is 9.24. The molecule has 0 aliphatic rings. The van der Waals surface area contributed by atoms with Crippen LogP contribution in [0.5, 0.6) is 0 Å². The molecule has 1 aromatic heterocycles. The predicted molar refractivity (Wildman–Crippen MR) is 40.1 cm³/mol. The molecule has 0 atom stereocenters. The highest BCUT2D eigenvalue weighted by atomic mass is 16.4. The molecular weight excluding hydrogens is 146 g/mol. The lowest BCUT2D eigenvalue weighted by Gasteiger charge is -1.73. The lowest BCUT2D eigenvalue weighted by Crippen LogP contribution is -2.10. The monoisotopic (exact) mass is 157 g/mol.